The van der Waals surface area contributed by atoms with Gasteiger partial charge < -0.3 is 4.90 Å². The molecule has 0 N–H and O–H groups in total. The lowest BCUT2D eigenvalue weighted by Gasteiger charge is -2.02. The molecule has 0 aromatic carbocycles. The molecule has 0 unspecified atom stereocenters. The van der Waals surface area contributed by atoms with E-state index in [1.807, 2.05) is 0 Å². The highest BCUT2D eigenvalue weighted by Crippen LogP contribution is 1.77. The lowest BCUT2D eigenvalue weighted by atomic mass is 10.4. The molecule has 0 heterocycles. The van der Waals surface area contributed by atoms with Crippen molar-refractivity contribution in [3.63, 3.8) is 0 Å². The molecule has 0 saturated heterocycles. The third-order valence-electron chi connectivity index (χ3n) is 0.641. The van der Waals surface area contributed by atoms with E-state index in [0.29, 0.717) is 4.90 Å². The van der Waals surface area contributed by atoms with Gasteiger partial charge in [0.05, 0.1) is 0 Å². The molecule has 0 aromatic heterocycles. The molecule has 0 aromatic rings. The van der Waals surface area contributed by atoms with Gasteiger partial charge in [-0.3, -0.25) is 4.79 Å². The molecule has 0 radical (unpaired) electrons. The van der Waals surface area contributed by atoms with Crippen molar-refractivity contribution in [2.24, 2.45) is 0 Å². The Morgan fingerprint density at radius 1 is 1.78 bits per heavy atom. The van der Waals surface area contributed by atoms with Crippen molar-refractivity contribution in [1.82, 2.24) is 4.90 Å². The van der Waals surface area contributed by atoms with Crippen LogP contribution in [-0.2, 0) is 4.79 Å². The first-order chi connectivity index (χ1) is 6.55. The Morgan fingerprint density at radius 2 is 2.44 bits per heavy atom. The third kappa shape index (κ3) is 7.37. The van der Waals surface area contributed by atoms with Crippen LogP contribution in [0.4, 0.5) is 0 Å². The first-order valence-corrected chi connectivity index (χ1v) is 2.50. The van der Waals surface area contributed by atoms with E-state index in [2.05, 4.69) is 0 Å². The standard InChI is InChI=1S/C7H13NO/c1-7(9)5-4-6-8(2)3/h4-5H,6H2,1-3H3/b5-4+/i2D3,3D3. The summed E-state index contributed by atoms with van der Waals surface area (Å²) >= 11 is 0. The molecular formula is C7H13NO. The Hall–Kier alpha value is -0.630. The number of ketones is 1. The van der Waals surface area contributed by atoms with E-state index in [4.69, 9.17) is 8.22 Å². The van der Waals surface area contributed by atoms with Crippen LogP contribution in [0.3, 0.4) is 0 Å². The van der Waals surface area contributed by atoms with E-state index >= 15 is 0 Å². The average Bonchev–Trinajstić information content (AvgIpc) is 1.92. The minimum absolute atomic E-state index is 0.258. The molecule has 0 saturated carbocycles. The van der Waals surface area contributed by atoms with Crippen LogP contribution in [0.25, 0.3) is 0 Å². The third-order valence-corrected chi connectivity index (χ3v) is 0.641. The summed E-state index contributed by atoms with van der Waals surface area (Å²) < 4.78 is 42.1. The summed E-state index contributed by atoms with van der Waals surface area (Å²) in [5.41, 5.74) is 0. The van der Waals surface area contributed by atoms with Gasteiger partial charge in [-0.1, -0.05) is 6.08 Å². The smallest absolute Gasteiger partial charge is 0.152 e. The first kappa shape index (κ1) is 2.54. The van der Waals surface area contributed by atoms with Crippen LogP contribution in [0.2, 0.25) is 0 Å². The van der Waals surface area contributed by atoms with Gasteiger partial charge in [0.15, 0.2) is 5.78 Å². The topological polar surface area (TPSA) is 20.3 Å². The molecule has 0 rings (SSSR count). The zero-order valence-electron chi connectivity index (χ0n) is 11.2. The second-order valence-corrected chi connectivity index (χ2v) is 1.62. The van der Waals surface area contributed by atoms with Gasteiger partial charge in [0.1, 0.15) is 0 Å². The van der Waals surface area contributed by atoms with Gasteiger partial charge in [0, 0.05) is 14.8 Å². The summed E-state index contributed by atoms with van der Waals surface area (Å²) in [7, 11) is 0. The second kappa shape index (κ2) is 4.27. The van der Waals surface area contributed by atoms with Gasteiger partial charge in [-0.05, 0) is 27.0 Å². The van der Waals surface area contributed by atoms with Crippen molar-refractivity contribution in [1.29, 1.82) is 0 Å². The molecular weight excluding hydrogens is 114 g/mol. The molecule has 2 heteroatoms. The van der Waals surface area contributed by atoms with E-state index in [9.17, 15) is 4.79 Å². The first-order valence-electron chi connectivity index (χ1n) is 5.50. The summed E-state index contributed by atoms with van der Waals surface area (Å²) in [6.07, 6.45) is 2.37. The fourth-order valence-corrected chi connectivity index (χ4v) is 0.324. The summed E-state index contributed by atoms with van der Waals surface area (Å²) in [6, 6.07) is 0. The van der Waals surface area contributed by atoms with Crippen LogP contribution in [0.15, 0.2) is 12.2 Å². The molecule has 0 spiro atoms. The minimum Gasteiger partial charge on any atom is -0.306 e. The normalized spacial score (nSPS) is 23.8. The number of allylic oxidation sites excluding steroid dienone is 1. The predicted octanol–water partition coefficient (Wildman–Crippen LogP) is 0.693. The number of rotatable bonds is 3. The lowest BCUT2D eigenvalue weighted by molar-refractivity contribution is -0.112. The molecule has 0 fully saturated rings. The molecule has 0 bridgehead atoms. The Morgan fingerprint density at radius 3 is 2.89 bits per heavy atom. The molecule has 0 aliphatic carbocycles. The quantitative estimate of drug-likeness (QED) is 0.528. The molecule has 52 valence electrons. The maximum atomic E-state index is 10.5. The number of carbonyl (C=O) groups excluding carboxylic acids is 1. The second-order valence-electron chi connectivity index (χ2n) is 1.62. The van der Waals surface area contributed by atoms with Crippen LogP contribution >= 0.6 is 0 Å². The van der Waals surface area contributed by atoms with E-state index in [1.165, 1.54) is 13.0 Å². The minimum atomic E-state index is -2.70. The lowest BCUT2D eigenvalue weighted by Crippen LogP contribution is -2.10. The van der Waals surface area contributed by atoms with Crippen molar-refractivity contribution in [2.45, 2.75) is 6.92 Å². The highest BCUT2D eigenvalue weighted by molar-refractivity contribution is 5.87. The average molecular weight is 133 g/mol. The largest absolute Gasteiger partial charge is 0.306 e. The summed E-state index contributed by atoms with van der Waals surface area (Å²) in [4.78, 5) is 10.9. The van der Waals surface area contributed by atoms with Gasteiger partial charge in [-0.2, -0.15) is 0 Å². The highest BCUT2D eigenvalue weighted by atomic mass is 16.1. The van der Waals surface area contributed by atoms with Crippen LogP contribution in [0.1, 0.15) is 15.1 Å². The van der Waals surface area contributed by atoms with E-state index in [-0.39, 0.29) is 12.3 Å². The van der Waals surface area contributed by atoms with Crippen molar-refractivity contribution in [3.8, 4) is 0 Å². The van der Waals surface area contributed by atoms with Crippen LogP contribution in [-0.4, -0.2) is 31.2 Å². The molecule has 2 nitrogen and oxygen atoms in total. The zero-order chi connectivity index (χ0) is 12.3. The van der Waals surface area contributed by atoms with Crippen LogP contribution in [0.5, 0.6) is 0 Å². The molecule has 0 amide bonds. The Kier molecular flexibility index (Phi) is 1.21. The zero-order valence-corrected chi connectivity index (χ0v) is 5.22. The van der Waals surface area contributed by atoms with Gasteiger partial charge >= 0.3 is 0 Å². The van der Waals surface area contributed by atoms with E-state index < -0.39 is 14.0 Å². The van der Waals surface area contributed by atoms with Gasteiger partial charge in [0.25, 0.3) is 0 Å². The predicted molar refractivity (Wildman–Crippen MR) is 38.4 cm³/mol. The number of likely N-dealkylation sites (N-methyl/N-ethyl adjacent to an activating group) is 1. The fourth-order valence-electron chi connectivity index (χ4n) is 0.324. The number of nitrogens with zero attached hydrogens (tertiary/aromatic N) is 1. The fraction of sp³-hybridized carbons (Fsp3) is 0.571. The molecule has 0 aliphatic rings. The number of carbonyl (C=O) groups is 1. The van der Waals surface area contributed by atoms with E-state index in [0.717, 1.165) is 6.08 Å². The van der Waals surface area contributed by atoms with E-state index in [1.54, 1.807) is 0 Å². The maximum absolute atomic E-state index is 10.5. The monoisotopic (exact) mass is 133 g/mol. The summed E-state index contributed by atoms with van der Waals surface area (Å²) in [6.45, 7) is -4.42. The summed E-state index contributed by atoms with van der Waals surface area (Å²) in [5, 5.41) is 0. The molecule has 0 atom stereocenters. The highest BCUT2D eigenvalue weighted by Gasteiger charge is 1.83. The van der Waals surface area contributed by atoms with Crippen molar-refractivity contribution < 1.29 is 13.0 Å². The van der Waals surface area contributed by atoms with Gasteiger partial charge in [-0.15, -0.1) is 0 Å². The molecule has 0 aliphatic heterocycles. The van der Waals surface area contributed by atoms with Crippen LogP contribution in [0, 0.1) is 0 Å². The number of hydrogen-bond donors (Lipinski definition) is 0. The number of hydrogen-bond acceptors (Lipinski definition) is 2. The molecule has 9 heavy (non-hydrogen) atoms. The van der Waals surface area contributed by atoms with Gasteiger partial charge in [0.2, 0.25) is 0 Å². The van der Waals surface area contributed by atoms with Crippen molar-refractivity contribution >= 4 is 5.78 Å². The van der Waals surface area contributed by atoms with Gasteiger partial charge in [-0.25, -0.2) is 0 Å². The Bertz CT molecular complexity index is 239. The SMILES string of the molecule is [2H]C([2H])([2H])N(C/C=C/C(C)=O)C([2H])([2H])[2H]. The summed E-state index contributed by atoms with van der Waals surface area (Å²) in [5.74, 6) is -0.258. The van der Waals surface area contributed by atoms with Crippen molar-refractivity contribution in [3.05, 3.63) is 12.2 Å². The Balaban J connectivity index is 4.62. The Labute approximate surface area is 64.6 Å². The maximum Gasteiger partial charge on any atom is 0.152 e. The van der Waals surface area contributed by atoms with Crippen LogP contribution < -0.4 is 0 Å². The van der Waals surface area contributed by atoms with Crippen molar-refractivity contribution in [2.75, 3.05) is 20.5 Å².